The van der Waals surface area contributed by atoms with Crippen molar-refractivity contribution < 1.29 is 9.90 Å². The Hall–Kier alpha value is -0.530. The van der Waals surface area contributed by atoms with E-state index in [1.54, 1.807) is 0 Å². The first-order valence-electron chi connectivity index (χ1n) is 7.49. The Bertz CT molecular complexity index is 334. The van der Waals surface area contributed by atoms with Gasteiger partial charge in [0, 0.05) is 0 Å². The fraction of sp³-hybridized carbons (Fsp3) is 0.938. The number of carboxylic acids is 1. The van der Waals surface area contributed by atoms with Gasteiger partial charge in [-0.15, -0.1) is 0 Å². The standard InChI is InChI=1S/C16H28O2/c1-11-7-8-12-13(6-5-9-15(12,2)3)16(11,4)10-14(17)18/h11-13H,5-10H2,1-4H3,(H,17,18). The SMILES string of the molecule is CC1CCC2C(CCCC2(C)C)C1(C)CC(=O)O. The summed E-state index contributed by atoms with van der Waals surface area (Å²) in [5.74, 6) is 1.27. The molecular formula is C16H28O2. The quantitative estimate of drug-likeness (QED) is 0.793. The maximum absolute atomic E-state index is 11.3. The maximum Gasteiger partial charge on any atom is 0.303 e. The van der Waals surface area contributed by atoms with Crippen LogP contribution in [0.5, 0.6) is 0 Å². The van der Waals surface area contributed by atoms with Crippen molar-refractivity contribution in [3.63, 3.8) is 0 Å². The fourth-order valence-corrected chi connectivity index (χ4v) is 4.85. The minimum Gasteiger partial charge on any atom is -0.481 e. The molecular weight excluding hydrogens is 224 g/mol. The second kappa shape index (κ2) is 4.54. The predicted octanol–water partition coefficient (Wildman–Crippen LogP) is 4.34. The van der Waals surface area contributed by atoms with E-state index in [0.29, 0.717) is 23.7 Å². The molecule has 2 saturated carbocycles. The molecule has 2 rings (SSSR count). The summed E-state index contributed by atoms with van der Waals surface area (Å²) in [6.45, 7) is 9.28. The second-order valence-electron chi connectivity index (χ2n) is 7.65. The molecule has 0 spiro atoms. The van der Waals surface area contributed by atoms with E-state index >= 15 is 0 Å². The second-order valence-corrected chi connectivity index (χ2v) is 7.65. The van der Waals surface area contributed by atoms with Crippen molar-refractivity contribution in [1.29, 1.82) is 0 Å². The first-order valence-corrected chi connectivity index (χ1v) is 7.49. The van der Waals surface area contributed by atoms with Gasteiger partial charge in [-0.3, -0.25) is 4.79 Å². The Morgan fingerprint density at radius 1 is 1.17 bits per heavy atom. The molecule has 0 heterocycles. The molecule has 0 aliphatic heterocycles. The van der Waals surface area contributed by atoms with Crippen LogP contribution in [0.3, 0.4) is 0 Å². The summed E-state index contributed by atoms with van der Waals surface area (Å²) in [4.78, 5) is 11.3. The molecule has 4 unspecified atom stereocenters. The van der Waals surface area contributed by atoms with E-state index in [1.165, 1.54) is 32.1 Å². The van der Waals surface area contributed by atoms with Crippen molar-refractivity contribution in [1.82, 2.24) is 0 Å². The van der Waals surface area contributed by atoms with Gasteiger partial charge in [0.2, 0.25) is 0 Å². The van der Waals surface area contributed by atoms with Gasteiger partial charge in [-0.05, 0) is 54.3 Å². The fourth-order valence-electron chi connectivity index (χ4n) is 4.85. The Labute approximate surface area is 111 Å². The summed E-state index contributed by atoms with van der Waals surface area (Å²) >= 11 is 0. The van der Waals surface area contributed by atoms with E-state index < -0.39 is 5.97 Å². The van der Waals surface area contributed by atoms with Crippen LogP contribution in [0.25, 0.3) is 0 Å². The summed E-state index contributed by atoms with van der Waals surface area (Å²) in [7, 11) is 0. The Morgan fingerprint density at radius 2 is 1.83 bits per heavy atom. The summed E-state index contributed by atoms with van der Waals surface area (Å²) in [5, 5.41) is 9.27. The molecule has 0 amide bonds. The van der Waals surface area contributed by atoms with Crippen LogP contribution >= 0.6 is 0 Å². The number of hydrogen-bond donors (Lipinski definition) is 1. The van der Waals surface area contributed by atoms with Crippen LogP contribution in [0, 0.1) is 28.6 Å². The summed E-state index contributed by atoms with van der Waals surface area (Å²) in [6, 6.07) is 0. The molecule has 1 N–H and O–H groups in total. The van der Waals surface area contributed by atoms with Gasteiger partial charge in [0.15, 0.2) is 0 Å². The van der Waals surface area contributed by atoms with E-state index in [2.05, 4.69) is 27.7 Å². The molecule has 2 nitrogen and oxygen atoms in total. The number of fused-ring (bicyclic) bond motifs is 1. The first-order chi connectivity index (χ1) is 8.27. The van der Waals surface area contributed by atoms with E-state index in [1.807, 2.05) is 0 Å². The van der Waals surface area contributed by atoms with E-state index in [0.717, 1.165) is 5.92 Å². The minimum atomic E-state index is -0.617. The predicted molar refractivity (Wildman–Crippen MR) is 73.4 cm³/mol. The van der Waals surface area contributed by atoms with Crippen molar-refractivity contribution >= 4 is 5.97 Å². The van der Waals surface area contributed by atoms with Crippen LogP contribution in [-0.4, -0.2) is 11.1 Å². The molecule has 0 radical (unpaired) electrons. The molecule has 18 heavy (non-hydrogen) atoms. The lowest BCUT2D eigenvalue weighted by atomic mass is 9.48. The zero-order valence-corrected chi connectivity index (χ0v) is 12.3. The normalized spacial score (nSPS) is 43.2. The van der Waals surface area contributed by atoms with Gasteiger partial charge >= 0.3 is 5.97 Å². The third-order valence-corrected chi connectivity index (χ3v) is 6.24. The number of aliphatic carboxylic acids is 1. The highest BCUT2D eigenvalue weighted by Crippen LogP contribution is 2.59. The zero-order chi connectivity index (χ0) is 13.6. The van der Waals surface area contributed by atoms with Crippen molar-refractivity contribution in [2.24, 2.45) is 28.6 Å². The summed E-state index contributed by atoms with van der Waals surface area (Å²) in [6.07, 6.45) is 6.68. The van der Waals surface area contributed by atoms with E-state index in [-0.39, 0.29) is 5.41 Å². The number of carboxylic acid groups (broad SMARTS) is 1. The van der Waals surface area contributed by atoms with Crippen LogP contribution in [-0.2, 0) is 4.79 Å². The van der Waals surface area contributed by atoms with Crippen molar-refractivity contribution in [3.05, 3.63) is 0 Å². The largest absolute Gasteiger partial charge is 0.481 e. The molecule has 0 aromatic carbocycles. The van der Waals surface area contributed by atoms with Gasteiger partial charge in [-0.1, -0.05) is 34.1 Å². The van der Waals surface area contributed by atoms with E-state index in [4.69, 9.17) is 0 Å². The molecule has 0 bridgehead atoms. The molecule has 0 saturated heterocycles. The summed E-state index contributed by atoms with van der Waals surface area (Å²) < 4.78 is 0. The van der Waals surface area contributed by atoms with Gasteiger partial charge in [0.1, 0.15) is 0 Å². The highest BCUT2D eigenvalue weighted by atomic mass is 16.4. The van der Waals surface area contributed by atoms with Crippen LogP contribution < -0.4 is 0 Å². The van der Waals surface area contributed by atoms with Crippen LogP contribution in [0.4, 0.5) is 0 Å². The summed E-state index contributed by atoms with van der Waals surface area (Å²) in [5.41, 5.74) is 0.412. The third-order valence-electron chi connectivity index (χ3n) is 6.24. The number of carbonyl (C=O) groups is 1. The van der Waals surface area contributed by atoms with E-state index in [9.17, 15) is 9.90 Å². The minimum absolute atomic E-state index is 0.00639. The van der Waals surface area contributed by atoms with Gasteiger partial charge in [-0.2, -0.15) is 0 Å². The lowest BCUT2D eigenvalue weighted by Gasteiger charge is -2.57. The average Bonchev–Trinajstić information content (AvgIpc) is 2.23. The molecule has 2 heteroatoms. The van der Waals surface area contributed by atoms with Crippen LogP contribution in [0.1, 0.15) is 66.2 Å². The lowest BCUT2D eigenvalue weighted by molar-refractivity contribution is -0.147. The van der Waals surface area contributed by atoms with Crippen molar-refractivity contribution in [3.8, 4) is 0 Å². The topological polar surface area (TPSA) is 37.3 Å². The van der Waals surface area contributed by atoms with Crippen LogP contribution in [0.15, 0.2) is 0 Å². The molecule has 2 fully saturated rings. The van der Waals surface area contributed by atoms with Crippen LogP contribution in [0.2, 0.25) is 0 Å². The zero-order valence-electron chi connectivity index (χ0n) is 12.3. The van der Waals surface area contributed by atoms with Crippen molar-refractivity contribution in [2.45, 2.75) is 66.2 Å². The number of rotatable bonds is 2. The van der Waals surface area contributed by atoms with Gasteiger partial charge in [0.25, 0.3) is 0 Å². The molecule has 104 valence electrons. The lowest BCUT2D eigenvalue weighted by Crippen LogP contribution is -2.50. The monoisotopic (exact) mass is 252 g/mol. The maximum atomic E-state index is 11.3. The highest BCUT2D eigenvalue weighted by molar-refractivity contribution is 5.67. The molecule has 4 atom stereocenters. The highest BCUT2D eigenvalue weighted by Gasteiger charge is 2.52. The Balaban J connectivity index is 2.29. The third kappa shape index (κ3) is 2.19. The molecule has 2 aliphatic carbocycles. The smallest absolute Gasteiger partial charge is 0.303 e. The number of hydrogen-bond acceptors (Lipinski definition) is 1. The van der Waals surface area contributed by atoms with Gasteiger partial charge in [0.05, 0.1) is 6.42 Å². The first kappa shape index (κ1) is 13.9. The Kier molecular flexibility index (Phi) is 3.50. The van der Waals surface area contributed by atoms with Gasteiger partial charge < -0.3 is 5.11 Å². The Morgan fingerprint density at radius 3 is 2.44 bits per heavy atom. The molecule has 0 aromatic heterocycles. The molecule has 2 aliphatic rings. The van der Waals surface area contributed by atoms with Crippen molar-refractivity contribution in [2.75, 3.05) is 0 Å². The average molecular weight is 252 g/mol. The molecule has 0 aromatic rings. The van der Waals surface area contributed by atoms with Gasteiger partial charge in [-0.25, -0.2) is 0 Å².